The van der Waals surface area contributed by atoms with E-state index in [4.69, 9.17) is 9.15 Å². The Kier molecular flexibility index (Phi) is 4.65. The minimum absolute atomic E-state index is 0.138. The number of sulfonamides is 1. The van der Waals surface area contributed by atoms with Crippen LogP contribution in [0.25, 0.3) is 11.5 Å². The second-order valence-corrected chi connectivity index (χ2v) is 7.82. The molecule has 9 heteroatoms. The fourth-order valence-corrected chi connectivity index (χ4v) is 4.28. The summed E-state index contributed by atoms with van der Waals surface area (Å²) in [7, 11) is -2.09. The Morgan fingerprint density at radius 2 is 2.08 bits per heavy atom. The lowest BCUT2D eigenvalue weighted by Crippen LogP contribution is -2.22. The SMILES string of the molecule is COc1ccccc1CNS(=O)(=O)c1cc(-c2nnc(C)o2)cs1. The fourth-order valence-electron chi connectivity index (χ4n) is 2.08. The maximum absolute atomic E-state index is 12.4. The summed E-state index contributed by atoms with van der Waals surface area (Å²) in [5, 5.41) is 9.30. The monoisotopic (exact) mass is 365 g/mol. The third-order valence-electron chi connectivity index (χ3n) is 3.26. The summed E-state index contributed by atoms with van der Waals surface area (Å²) < 4.78 is 38.2. The second kappa shape index (κ2) is 6.71. The van der Waals surface area contributed by atoms with E-state index >= 15 is 0 Å². The molecule has 0 bridgehead atoms. The Morgan fingerprint density at radius 3 is 2.79 bits per heavy atom. The van der Waals surface area contributed by atoms with E-state index in [9.17, 15) is 8.42 Å². The molecule has 2 aromatic heterocycles. The van der Waals surface area contributed by atoms with E-state index in [-0.39, 0.29) is 10.8 Å². The molecule has 0 atom stereocenters. The number of nitrogens with zero attached hydrogens (tertiary/aromatic N) is 2. The van der Waals surface area contributed by atoms with Gasteiger partial charge in [0, 0.05) is 24.4 Å². The van der Waals surface area contributed by atoms with Crippen LogP contribution in [0.5, 0.6) is 5.75 Å². The van der Waals surface area contributed by atoms with Crippen LogP contribution >= 0.6 is 11.3 Å². The van der Waals surface area contributed by atoms with Gasteiger partial charge in [0.25, 0.3) is 0 Å². The largest absolute Gasteiger partial charge is 0.496 e. The van der Waals surface area contributed by atoms with E-state index in [0.29, 0.717) is 23.1 Å². The lowest BCUT2D eigenvalue weighted by atomic mass is 10.2. The van der Waals surface area contributed by atoms with Crippen LogP contribution in [0.15, 0.2) is 44.3 Å². The Bertz CT molecular complexity index is 947. The number of aryl methyl sites for hydroxylation is 1. The highest BCUT2D eigenvalue weighted by Crippen LogP contribution is 2.28. The molecule has 3 rings (SSSR count). The summed E-state index contributed by atoms with van der Waals surface area (Å²) >= 11 is 1.10. The van der Waals surface area contributed by atoms with Crippen LogP contribution < -0.4 is 9.46 Å². The number of thiophene rings is 1. The van der Waals surface area contributed by atoms with Crippen molar-refractivity contribution in [2.45, 2.75) is 17.7 Å². The zero-order valence-electron chi connectivity index (χ0n) is 13.0. The van der Waals surface area contributed by atoms with Crippen LogP contribution in [0.4, 0.5) is 0 Å². The second-order valence-electron chi connectivity index (χ2n) is 4.92. The van der Waals surface area contributed by atoms with Gasteiger partial charge >= 0.3 is 0 Å². The first-order valence-corrected chi connectivity index (χ1v) is 9.36. The van der Waals surface area contributed by atoms with Gasteiger partial charge in [0.15, 0.2) is 0 Å². The molecule has 126 valence electrons. The smallest absolute Gasteiger partial charge is 0.250 e. The molecular formula is C15H15N3O4S2. The van der Waals surface area contributed by atoms with Crippen molar-refractivity contribution in [2.24, 2.45) is 0 Å². The van der Waals surface area contributed by atoms with E-state index in [1.54, 1.807) is 25.5 Å². The highest BCUT2D eigenvalue weighted by atomic mass is 32.2. The van der Waals surface area contributed by atoms with Gasteiger partial charge in [-0.1, -0.05) is 18.2 Å². The molecule has 0 aliphatic rings. The van der Waals surface area contributed by atoms with E-state index in [1.807, 2.05) is 18.2 Å². The molecule has 0 amide bonds. The van der Waals surface area contributed by atoms with Gasteiger partial charge in [-0.25, -0.2) is 13.1 Å². The number of para-hydroxylation sites is 1. The summed E-state index contributed by atoms with van der Waals surface area (Å²) in [5.41, 5.74) is 1.34. The molecule has 24 heavy (non-hydrogen) atoms. The molecule has 0 saturated heterocycles. The van der Waals surface area contributed by atoms with Crippen LogP contribution in [-0.4, -0.2) is 25.7 Å². The Hall–Kier alpha value is -2.23. The molecule has 0 fully saturated rings. The van der Waals surface area contributed by atoms with Crippen molar-refractivity contribution in [3.05, 3.63) is 47.2 Å². The van der Waals surface area contributed by atoms with Crippen LogP contribution in [0.3, 0.4) is 0 Å². The van der Waals surface area contributed by atoms with Gasteiger partial charge in [-0.2, -0.15) is 0 Å². The number of ether oxygens (including phenoxy) is 1. The lowest BCUT2D eigenvalue weighted by molar-refractivity contribution is 0.409. The highest BCUT2D eigenvalue weighted by molar-refractivity contribution is 7.91. The molecule has 7 nitrogen and oxygen atoms in total. The van der Waals surface area contributed by atoms with Crippen molar-refractivity contribution in [1.29, 1.82) is 0 Å². The normalized spacial score (nSPS) is 11.6. The van der Waals surface area contributed by atoms with Gasteiger partial charge < -0.3 is 9.15 Å². The molecule has 1 N–H and O–H groups in total. The van der Waals surface area contributed by atoms with Crippen molar-refractivity contribution >= 4 is 21.4 Å². The summed E-state index contributed by atoms with van der Waals surface area (Å²) in [4.78, 5) is 0. The van der Waals surface area contributed by atoms with E-state index in [0.717, 1.165) is 16.9 Å². The van der Waals surface area contributed by atoms with Gasteiger partial charge in [0.05, 0.1) is 12.7 Å². The van der Waals surface area contributed by atoms with Crippen LogP contribution in [-0.2, 0) is 16.6 Å². The van der Waals surface area contributed by atoms with E-state index < -0.39 is 10.0 Å². The average molecular weight is 365 g/mol. The number of nitrogens with one attached hydrogen (secondary N) is 1. The first kappa shape index (κ1) is 16.6. The minimum Gasteiger partial charge on any atom is -0.496 e. The summed E-state index contributed by atoms with van der Waals surface area (Å²) in [6.45, 7) is 1.81. The summed E-state index contributed by atoms with van der Waals surface area (Å²) in [5.74, 6) is 1.36. The number of rotatable bonds is 6. The zero-order valence-corrected chi connectivity index (χ0v) is 14.6. The molecule has 0 saturated carbocycles. The van der Waals surface area contributed by atoms with Gasteiger partial charge in [-0.15, -0.1) is 21.5 Å². The molecule has 0 aliphatic heterocycles. The first-order chi connectivity index (χ1) is 11.5. The third-order valence-corrected chi connectivity index (χ3v) is 6.10. The third kappa shape index (κ3) is 3.48. The molecular weight excluding hydrogens is 350 g/mol. The number of methoxy groups -OCH3 is 1. The highest BCUT2D eigenvalue weighted by Gasteiger charge is 2.19. The molecule has 3 aromatic rings. The number of aromatic nitrogens is 2. The van der Waals surface area contributed by atoms with Crippen molar-refractivity contribution in [2.75, 3.05) is 7.11 Å². The van der Waals surface area contributed by atoms with Crippen molar-refractivity contribution < 1.29 is 17.6 Å². The maximum atomic E-state index is 12.4. The van der Waals surface area contributed by atoms with Crippen LogP contribution in [0.2, 0.25) is 0 Å². The molecule has 0 aliphatic carbocycles. The molecule has 2 heterocycles. The quantitative estimate of drug-likeness (QED) is 0.721. The van der Waals surface area contributed by atoms with Crippen LogP contribution in [0.1, 0.15) is 11.5 Å². The van der Waals surface area contributed by atoms with Crippen molar-refractivity contribution in [1.82, 2.24) is 14.9 Å². The lowest BCUT2D eigenvalue weighted by Gasteiger charge is -2.09. The maximum Gasteiger partial charge on any atom is 0.250 e. The topological polar surface area (TPSA) is 94.3 Å². The van der Waals surface area contributed by atoms with Crippen LogP contribution in [0, 0.1) is 6.92 Å². The van der Waals surface area contributed by atoms with Gasteiger partial charge in [0.2, 0.25) is 21.8 Å². The van der Waals surface area contributed by atoms with Crippen molar-refractivity contribution in [3.8, 4) is 17.2 Å². The zero-order chi connectivity index (χ0) is 17.2. The molecule has 1 aromatic carbocycles. The van der Waals surface area contributed by atoms with Gasteiger partial charge in [-0.3, -0.25) is 0 Å². The standard InChI is InChI=1S/C15H15N3O4S2/c1-10-17-18-15(22-10)12-7-14(23-9-12)24(19,20)16-8-11-5-3-4-6-13(11)21-2/h3-7,9,16H,8H2,1-2H3. The summed E-state index contributed by atoms with van der Waals surface area (Å²) in [6, 6.07) is 8.76. The number of hydrogen-bond donors (Lipinski definition) is 1. The Labute approximate surface area is 143 Å². The number of benzene rings is 1. The van der Waals surface area contributed by atoms with E-state index in [1.165, 1.54) is 6.07 Å². The minimum atomic E-state index is -3.64. The number of hydrogen-bond acceptors (Lipinski definition) is 7. The fraction of sp³-hybridized carbons (Fsp3) is 0.200. The Morgan fingerprint density at radius 1 is 1.29 bits per heavy atom. The van der Waals surface area contributed by atoms with Gasteiger partial charge in [-0.05, 0) is 12.1 Å². The molecule has 0 spiro atoms. The molecule has 0 unspecified atom stereocenters. The van der Waals surface area contributed by atoms with E-state index in [2.05, 4.69) is 14.9 Å². The first-order valence-electron chi connectivity index (χ1n) is 7.00. The van der Waals surface area contributed by atoms with Gasteiger partial charge in [0.1, 0.15) is 9.96 Å². The van der Waals surface area contributed by atoms with Crippen molar-refractivity contribution in [3.63, 3.8) is 0 Å². The predicted molar refractivity (Wildman–Crippen MR) is 89.4 cm³/mol. The Balaban J connectivity index is 1.77. The predicted octanol–water partition coefficient (Wildman–Crippen LogP) is 2.59. The molecule has 0 radical (unpaired) electrons. The average Bonchev–Trinajstić information content (AvgIpc) is 3.22. The summed E-state index contributed by atoms with van der Waals surface area (Å²) in [6.07, 6.45) is 0.